The molecule has 6 nitrogen and oxygen atoms in total. The van der Waals surface area contributed by atoms with Crippen LogP contribution in [-0.2, 0) is 6.54 Å². The number of ether oxygens (including phenoxy) is 1. The van der Waals surface area contributed by atoms with Crippen LogP contribution in [0.2, 0.25) is 0 Å². The maximum Gasteiger partial charge on any atom is 0.230 e. The Labute approximate surface area is 146 Å². The standard InChI is InChI=1S/C19H23N3O3/c1-11-15-9-14(23-3)7-8-16(15)24-18(11)12(2)20-10-17-21-22-19(25-17)13-5-4-6-13/h7-9,12-13,20H,4-6,10H2,1-3H3/t12-/m1/s1. The zero-order chi connectivity index (χ0) is 17.4. The molecule has 1 N–H and O–H groups in total. The molecule has 132 valence electrons. The average molecular weight is 341 g/mol. The molecule has 0 radical (unpaired) electrons. The van der Waals surface area contributed by atoms with Gasteiger partial charge in [-0.1, -0.05) is 6.42 Å². The summed E-state index contributed by atoms with van der Waals surface area (Å²) in [5.74, 6) is 3.62. The maximum absolute atomic E-state index is 6.03. The van der Waals surface area contributed by atoms with E-state index in [2.05, 4.69) is 29.4 Å². The Balaban J connectivity index is 1.47. The van der Waals surface area contributed by atoms with Gasteiger partial charge in [0, 0.05) is 16.9 Å². The van der Waals surface area contributed by atoms with Gasteiger partial charge in [-0.15, -0.1) is 10.2 Å². The van der Waals surface area contributed by atoms with Crippen LogP contribution in [0.1, 0.15) is 61.3 Å². The number of hydrogen-bond acceptors (Lipinski definition) is 6. The van der Waals surface area contributed by atoms with Crippen molar-refractivity contribution in [2.24, 2.45) is 0 Å². The fraction of sp³-hybridized carbons (Fsp3) is 0.474. The molecule has 0 saturated heterocycles. The number of aromatic nitrogens is 2. The van der Waals surface area contributed by atoms with E-state index in [4.69, 9.17) is 13.6 Å². The maximum atomic E-state index is 6.03. The molecule has 1 fully saturated rings. The Bertz CT molecular complexity index is 879. The van der Waals surface area contributed by atoms with Crippen LogP contribution in [0.4, 0.5) is 0 Å². The van der Waals surface area contributed by atoms with Gasteiger partial charge in [0.05, 0.1) is 19.7 Å². The molecular weight excluding hydrogens is 318 g/mol. The lowest BCUT2D eigenvalue weighted by Gasteiger charge is -2.20. The van der Waals surface area contributed by atoms with Crippen molar-refractivity contribution in [3.05, 3.63) is 41.3 Å². The summed E-state index contributed by atoms with van der Waals surface area (Å²) < 4.78 is 17.1. The summed E-state index contributed by atoms with van der Waals surface area (Å²) >= 11 is 0. The average Bonchev–Trinajstić information content (AvgIpc) is 3.16. The summed E-state index contributed by atoms with van der Waals surface area (Å²) in [7, 11) is 1.67. The van der Waals surface area contributed by atoms with Gasteiger partial charge in [-0.3, -0.25) is 5.32 Å². The number of fused-ring (bicyclic) bond motifs is 1. The Morgan fingerprint density at radius 1 is 1.28 bits per heavy atom. The molecule has 1 aromatic carbocycles. The van der Waals surface area contributed by atoms with Crippen molar-refractivity contribution in [1.29, 1.82) is 0 Å². The smallest absolute Gasteiger partial charge is 0.230 e. The molecule has 1 atom stereocenters. The van der Waals surface area contributed by atoms with Gasteiger partial charge in [0.1, 0.15) is 17.1 Å². The molecule has 0 unspecified atom stereocenters. The number of furan rings is 1. The first kappa shape index (κ1) is 16.1. The van der Waals surface area contributed by atoms with Crippen molar-refractivity contribution < 1.29 is 13.6 Å². The van der Waals surface area contributed by atoms with E-state index >= 15 is 0 Å². The minimum absolute atomic E-state index is 0.0393. The number of hydrogen-bond donors (Lipinski definition) is 1. The van der Waals surface area contributed by atoms with Crippen LogP contribution in [0.3, 0.4) is 0 Å². The van der Waals surface area contributed by atoms with Crippen LogP contribution < -0.4 is 10.1 Å². The minimum Gasteiger partial charge on any atom is -0.497 e. The first-order valence-electron chi connectivity index (χ1n) is 8.78. The van der Waals surface area contributed by atoms with Gasteiger partial charge in [-0.25, -0.2) is 0 Å². The van der Waals surface area contributed by atoms with E-state index in [1.54, 1.807) is 7.11 Å². The number of methoxy groups -OCH3 is 1. The van der Waals surface area contributed by atoms with E-state index in [1.165, 1.54) is 6.42 Å². The fourth-order valence-electron chi connectivity index (χ4n) is 3.25. The van der Waals surface area contributed by atoms with Gasteiger partial charge in [0.25, 0.3) is 0 Å². The highest BCUT2D eigenvalue weighted by molar-refractivity contribution is 5.83. The number of aryl methyl sites for hydroxylation is 1. The highest BCUT2D eigenvalue weighted by Crippen LogP contribution is 2.35. The second kappa shape index (κ2) is 6.52. The predicted octanol–water partition coefficient (Wildman–Crippen LogP) is 4.25. The van der Waals surface area contributed by atoms with Crippen LogP contribution in [0.15, 0.2) is 27.0 Å². The molecule has 3 aromatic rings. The lowest BCUT2D eigenvalue weighted by molar-refractivity contribution is 0.318. The number of nitrogens with zero attached hydrogens (tertiary/aromatic N) is 2. The van der Waals surface area contributed by atoms with Crippen LogP contribution in [0, 0.1) is 6.92 Å². The summed E-state index contributed by atoms with van der Waals surface area (Å²) in [6.07, 6.45) is 3.58. The third kappa shape index (κ3) is 3.02. The fourth-order valence-corrected chi connectivity index (χ4v) is 3.25. The van der Waals surface area contributed by atoms with Crippen molar-refractivity contribution in [2.75, 3.05) is 7.11 Å². The van der Waals surface area contributed by atoms with E-state index in [1.807, 2.05) is 18.2 Å². The Kier molecular flexibility index (Phi) is 4.21. The van der Waals surface area contributed by atoms with Crippen molar-refractivity contribution >= 4 is 11.0 Å². The van der Waals surface area contributed by atoms with E-state index in [9.17, 15) is 0 Å². The highest BCUT2D eigenvalue weighted by Gasteiger charge is 2.25. The molecule has 0 amide bonds. The van der Waals surface area contributed by atoms with E-state index in [0.29, 0.717) is 18.4 Å². The topological polar surface area (TPSA) is 73.3 Å². The van der Waals surface area contributed by atoms with Crippen molar-refractivity contribution in [1.82, 2.24) is 15.5 Å². The van der Waals surface area contributed by atoms with Crippen LogP contribution in [0.5, 0.6) is 5.75 Å². The number of nitrogens with one attached hydrogen (secondary N) is 1. The van der Waals surface area contributed by atoms with E-state index in [-0.39, 0.29) is 6.04 Å². The van der Waals surface area contributed by atoms with Gasteiger partial charge in [-0.2, -0.15) is 0 Å². The van der Waals surface area contributed by atoms with Crippen molar-refractivity contribution in [2.45, 2.75) is 51.6 Å². The normalized spacial score (nSPS) is 16.1. The van der Waals surface area contributed by atoms with Gasteiger partial charge >= 0.3 is 0 Å². The highest BCUT2D eigenvalue weighted by atomic mass is 16.5. The zero-order valence-corrected chi connectivity index (χ0v) is 14.8. The summed E-state index contributed by atoms with van der Waals surface area (Å²) in [5.41, 5.74) is 1.99. The van der Waals surface area contributed by atoms with Crippen molar-refractivity contribution in [3.8, 4) is 5.75 Å². The summed E-state index contributed by atoms with van der Waals surface area (Å²) in [4.78, 5) is 0. The van der Waals surface area contributed by atoms with E-state index in [0.717, 1.165) is 46.8 Å². The summed E-state index contributed by atoms with van der Waals surface area (Å²) in [6, 6.07) is 5.90. The van der Waals surface area contributed by atoms with Gasteiger partial charge in [0.15, 0.2) is 0 Å². The first-order chi connectivity index (χ1) is 12.2. The number of benzene rings is 1. The molecule has 1 saturated carbocycles. The minimum atomic E-state index is 0.0393. The zero-order valence-electron chi connectivity index (χ0n) is 14.8. The van der Waals surface area contributed by atoms with Crippen LogP contribution in [0.25, 0.3) is 11.0 Å². The third-order valence-corrected chi connectivity index (χ3v) is 5.07. The quantitative estimate of drug-likeness (QED) is 0.722. The lowest BCUT2D eigenvalue weighted by Crippen LogP contribution is -2.18. The Morgan fingerprint density at radius 2 is 2.12 bits per heavy atom. The molecule has 0 spiro atoms. The largest absolute Gasteiger partial charge is 0.497 e. The molecule has 0 bridgehead atoms. The van der Waals surface area contributed by atoms with Gasteiger partial charge in [0.2, 0.25) is 11.8 Å². The Morgan fingerprint density at radius 3 is 2.84 bits per heavy atom. The molecule has 1 aliphatic rings. The monoisotopic (exact) mass is 341 g/mol. The molecule has 0 aliphatic heterocycles. The molecule has 1 aliphatic carbocycles. The molecule has 25 heavy (non-hydrogen) atoms. The third-order valence-electron chi connectivity index (χ3n) is 5.07. The second-order valence-corrected chi connectivity index (χ2v) is 6.72. The van der Waals surface area contributed by atoms with Crippen LogP contribution >= 0.6 is 0 Å². The predicted molar refractivity (Wildman–Crippen MR) is 93.6 cm³/mol. The van der Waals surface area contributed by atoms with Crippen molar-refractivity contribution in [3.63, 3.8) is 0 Å². The van der Waals surface area contributed by atoms with Crippen LogP contribution in [-0.4, -0.2) is 17.3 Å². The second-order valence-electron chi connectivity index (χ2n) is 6.72. The van der Waals surface area contributed by atoms with Gasteiger partial charge < -0.3 is 13.6 Å². The molecule has 2 aromatic heterocycles. The molecular formula is C19H23N3O3. The lowest BCUT2D eigenvalue weighted by atomic mass is 9.85. The molecule has 2 heterocycles. The van der Waals surface area contributed by atoms with E-state index < -0.39 is 0 Å². The number of rotatable bonds is 6. The summed E-state index contributed by atoms with van der Waals surface area (Å²) in [6.45, 7) is 4.67. The summed E-state index contributed by atoms with van der Waals surface area (Å²) in [5, 5.41) is 12.8. The first-order valence-corrected chi connectivity index (χ1v) is 8.78. The molecule has 6 heteroatoms. The SMILES string of the molecule is COc1ccc2oc([C@@H](C)NCc3nnc(C4CCC4)o3)c(C)c2c1. The van der Waals surface area contributed by atoms with Gasteiger partial charge in [-0.05, 0) is 44.9 Å². The Hall–Kier alpha value is -2.34. The molecule has 4 rings (SSSR count).